The normalized spacial score (nSPS) is 30.6. The Hall–Kier alpha value is -1.74. The number of anilines is 1. The van der Waals surface area contributed by atoms with Gasteiger partial charge >= 0.3 is 5.97 Å². The van der Waals surface area contributed by atoms with Gasteiger partial charge in [0.2, 0.25) is 11.8 Å². The van der Waals surface area contributed by atoms with E-state index in [0.29, 0.717) is 0 Å². The zero-order chi connectivity index (χ0) is 23.2. The van der Waals surface area contributed by atoms with Crippen LogP contribution >= 0.6 is 31.9 Å². The number of fused-ring (bicyclic) bond motifs is 5. The molecule has 0 spiro atoms. The van der Waals surface area contributed by atoms with E-state index >= 15 is 0 Å². The van der Waals surface area contributed by atoms with Crippen LogP contribution in [0.25, 0.3) is 0 Å². The van der Waals surface area contributed by atoms with Crippen LogP contribution in [0.5, 0.6) is 0 Å². The number of rotatable bonds is 7. The lowest BCUT2D eigenvalue weighted by Gasteiger charge is -2.28. The number of alkyl halides is 2. The molecular formula is C23H26Br2N2O5. The first kappa shape index (κ1) is 23.4. The van der Waals surface area contributed by atoms with Crippen LogP contribution in [0.4, 0.5) is 5.69 Å². The number of aryl methyl sites for hydroxylation is 2. The fourth-order valence-electron chi connectivity index (χ4n) is 5.47. The number of benzene rings is 1. The molecule has 4 rings (SSSR count). The van der Waals surface area contributed by atoms with Gasteiger partial charge in [0.25, 0.3) is 5.91 Å². The van der Waals surface area contributed by atoms with Gasteiger partial charge in [-0.05, 0) is 42.2 Å². The lowest BCUT2D eigenvalue weighted by Crippen LogP contribution is -2.38. The number of nitrogens with zero attached hydrogens (tertiary/aromatic N) is 1. The van der Waals surface area contributed by atoms with Gasteiger partial charge in [-0.15, -0.1) is 0 Å². The Morgan fingerprint density at radius 3 is 2.06 bits per heavy atom. The van der Waals surface area contributed by atoms with E-state index in [1.165, 1.54) is 0 Å². The number of halogens is 2. The highest BCUT2D eigenvalue weighted by atomic mass is 79.9. The zero-order valence-corrected chi connectivity index (χ0v) is 21.1. The average molecular weight is 570 g/mol. The first-order valence-electron chi connectivity index (χ1n) is 11.0. The molecule has 7 nitrogen and oxygen atoms in total. The summed E-state index contributed by atoms with van der Waals surface area (Å²) in [5.74, 6) is -2.40. The van der Waals surface area contributed by atoms with Crippen molar-refractivity contribution in [3.63, 3.8) is 0 Å². The van der Waals surface area contributed by atoms with Gasteiger partial charge in [0.05, 0.1) is 11.8 Å². The Morgan fingerprint density at radius 2 is 1.56 bits per heavy atom. The minimum absolute atomic E-state index is 0.0871. The summed E-state index contributed by atoms with van der Waals surface area (Å²) in [4.78, 5) is 51.8. The van der Waals surface area contributed by atoms with E-state index in [1.54, 1.807) is 0 Å². The Kier molecular flexibility index (Phi) is 6.77. The zero-order valence-electron chi connectivity index (χ0n) is 18.0. The van der Waals surface area contributed by atoms with E-state index in [1.807, 2.05) is 32.0 Å². The number of carbonyl (C=O) groups is 4. The summed E-state index contributed by atoms with van der Waals surface area (Å²) in [5, 5.41) is 2.84. The van der Waals surface area contributed by atoms with E-state index in [0.717, 1.165) is 41.0 Å². The van der Waals surface area contributed by atoms with Gasteiger partial charge in [-0.1, -0.05) is 63.9 Å². The van der Waals surface area contributed by atoms with E-state index < -0.39 is 25.0 Å². The van der Waals surface area contributed by atoms with Crippen molar-refractivity contribution in [1.29, 1.82) is 0 Å². The van der Waals surface area contributed by atoms with Gasteiger partial charge in [-0.3, -0.25) is 24.1 Å². The predicted molar refractivity (Wildman–Crippen MR) is 126 cm³/mol. The highest BCUT2D eigenvalue weighted by molar-refractivity contribution is 9.12. The van der Waals surface area contributed by atoms with Crippen LogP contribution < -0.4 is 5.32 Å². The minimum Gasteiger partial charge on any atom is -0.454 e. The van der Waals surface area contributed by atoms with Crippen molar-refractivity contribution in [2.24, 2.45) is 23.7 Å². The van der Waals surface area contributed by atoms with Crippen molar-refractivity contribution < 1.29 is 23.9 Å². The Labute approximate surface area is 203 Å². The second kappa shape index (κ2) is 9.25. The number of para-hydroxylation sites is 1. The minimum atomic E-state index is -0.764. The number of hydrogen-bond acceptors (Lipinski definition) is 5. The van der Waals surface area contributed by atoms with Gasteiger partial charge in [0.1, 0.15) is 6.54 Å². The number of amides is 3. The summed E-state index contributed by atoms with van der Waals surface area (Å²) in [6, 6.07) is 5.85. The van der Waals surface area contributed by atoms with Crippen molar-refractivity contribution in [3.8, 4) is 0 Å². The Bertz CT molecular complexity index is 913. The van der Waals surface area contributed by atoms with Crippen LogP contribution in [0, 0.1) is 23.7 Å². The molecule has 3 amide bonds. The van der Waals surface area contributed by atoms with Crippen LogP contribution in [0.2, 0.25) is 0 Å². The summed E-state index contributed by atoms with van der Waals surface area (Å²) in [7, 11) is 0. The van der Waals surface area contributed by atoms with Crippen LogP contribution in [-0.2, 0) is 36.8 Å². The molecule has 1 aromatic rings. The van der Waals surface area contributed by atoms with Crippen molar-refractivity contribution in [2.45, 2.75) is 42.8 Å². The summed E-state index contributed by atoms with van der Waals surface area (Å²) >= 11 is 7.28. The third-order valence-corrected chi connectivity index (χ3v) is 10.2. The Morgan fingerprint density at radius 1 is 1.03 bits per heavy atom. The van der Waals surface area contributed by atoms with Crippen LogP contribution in [0.15, 0.2) is 18.2 Å². The SMILES string of the molecule is CCc1cccc(CC)c1NC(=O)COC(=O)CN1C(=O)[C@@H]2[C@H]3C[C@@H]([C@H](Br)[C@H]3Br)[C@H]2C1=O. The van der Waals surface area contributed by atoms with Gasteiger partial charge in [-0.2, -0.15) is 0 Å². The van der Waals surface area contributed by atoms with Crippen molar-refractivity contribution in [1.82, 2.24) is 4.90 Å². The van der Waals surface area contributed by atoms with Crippen LogP contribution in [-0.4, -0.2) is 51.4 Å². The maximum absolute atomic E-state index is 12.9. The molecular weight excluding hydrogens is 544 g/mol. The highest BCUT2D eigenvalue weighted by Crippen LogP contribution is 2.60. The molecule has 0 radical (unpaired) electrons. The third-order valence-electron chi connectivity index (χ3n) is 6.99. The molecule has 2 aliphatic carbocycles. The molecule has 0 unspecified atom stereocenters. The molecule has 1 N–H and O–H groups in total. The molecule has 1 saturated heterocycles. The van der Waals surface area contributed by atoms with E-state index in [2.05, 4.69) is 37.2 Å². The fraction of sp³-hybridized carbons (Fsp3) is 0.565. The molecule has 2 saturated carbocycles. The number of esters is 1. The maximum Gasteiger partial charge on any atom is 0.326 e. The third kappa shape index (κ3) is 3.91. The topological polar surface area (TPSA) is 92.8 Å². The molecule has 1 heterocycles. The van der Waals surface area contributed by atoms with Gasteiger partial charge in [0.15, 0.2) is 6.61 Å². The molecule has 0 aromatic heterocycles. The quantitative estimate of drug-likeness (QED) is 0.309. The summed E-state index contributed by atoms with van der Waals surface area (Å²) in [6.07, 6.45) is 2.35. The molecule has 6 atom stereocenters. The molecule has 3 aliphatic rings. The van der Waals surface area contributed by atoms with E-state index in [9.17, 15) is 19.2 Å². The number of carbonyl (C=O) groups excluding carboxylic acids is 4. The van der Waals surface area contributed by atoms with Crippen molar-refractivity contribution in [3.05, 3.63) is 29.3 Å². The summed E-state index contributed by atoms with van der Waals surface area (Å²) in [6.45, 7) is 3.09. The fourth-order valence-corrected chi connectivity index (χ4v) is 7.34. The van der Waals surface area contributed by atoms with Crippen molar-refractivity contribution in [2.75, 3.05) is 18.5 Å². The molecule has 172 valence electrons. The monoisotopic (exact) mass is 568 g/mol. The van der Waals surface area contributed by atoms with Gasteiger partial charge in [-0.25, -0.2) is 0 Å². The standard InChI is InChI=1S/C23H26Br2N2O5/c1-3-11-6-5-7-12(4-2)21(11)26-15(28)10-32-16(29)9-27-22(30)17-13-8-14(18(17)23(27)31)20(25)19(13)24/h5-7,13-14,17-20H,3-4,8-10H2,1-2H3,(H,26,28)/t13-,14-,17-,18-,19+,20+/m1/s1. The number of nitrogens with one attached hydrogen (secondary N) is 1. The van der Waals surface area contributed by atoms with E-state index in [-0.39, 0.29) is 45.1 Å². The van der Waals surface area contributed by atoms with Gasteiger partial charge < -0.3 is 10.1 Å². The highest BCUT2D eigenvalue weighted by Gasteiger charge is 2.66. The first-order valence-corrected chi connectivity index (χ1v) is 12.8. The van der Waals surface area contributed by atoms with Gasteiger partial charge in [0, 0.05) is 15.3 Å². The van der Waals surface area contributed by atoms with Crippen LogP contribution in [0.1, 0.15) is 31.4 Å². The van der Waals surface area contributed by atoms with Crippen molar-refractivity contribution >= 4 is 61.2 Å². The number of imide groups is 1. The lowest BCUT2D eigenvalue weighted by atomic mass is 9.81. The summed E-state index contributed by atoms with van der Waals surface area (Å²) in [5.41, 5.74) is 2.77. The molecule has 1 aromatic carbocycles. The number of hydrogen-bond donors (Lipinski definition) is 1. The second-order valence-electron chi connectivity index (χ2n) is 8.63. The second-order valence-corrected chi connectivity index (χ2v) is 10.7. The lowest BCUT2D eigenvalue weighted by molar-refractivity contribution is -0.154. The van der Waals surface area contributed by atoms with Crippen LogP contribution in [0.3, 0.4) is 0 Å². The molecule has 1 aliphatic heterocycles. The first-order chi connectivity index (χ1) is 15.3. The maximum atomic E-state index is 12.9. The largest absolute Gasteiger partial charge is 0.454 e. The van der Waals surface area contributed by atoms with E-state index in [4.69, 9.17) is 4.74 Å². The molecule has 32 heavy (non-hydrogen) atoms. The number of likely N-dealkylation sites (tertiary alicyclic amines) is 1. The Balaban J connectivity index is 1.34. The molecule has 9 heteroatoms. The predicted octanol–water partition coefficient (Wildman–Crippen LogP) is 3.07. The smallest absolute Gasteiger partial charge is 0.326 e. The number of ether oxygens (including phenoxy) is 1. The average Bonchev–Trinajstić information content (AvgIpc) is 3.39. The molecule has 2 bridgehead atoms. The summed E-state index contributed by atoms with van der Waals surface area (Å²) < 4.78 is 5.10. The molecule has 3 fully saturated rings.